The maximum atomic E-state index is 11.7. The summed E-state index contributed by atoms with van der Waals surface area (Å²) in [4.78, 5) is 31.0. The molecule has 1 aliphatic rings. The summed E-state index contributed by atoms with van der Waals surface area (Å²) in [7, 11) is 0. The fourth-order valence-corrected chi connectivity index (χ4v) is 2.27. The highest BCUT2D eigenvalue weighted by molar-refractivity contribution is 5.91. The number of carbonyl (C=O) groups excluding carboxylic acids is 2. The predicted octanol–water partition coefficient (Wildman–Crippen LogP) is 0.134. The molecule has 1 atom stereocenters. The Labute approximate surface area is 136 Å². The SMILES string of the molecule is Cl.O=C(CCC1CCNC1)NCCNC(=O)c1cnccn1. The van der Waals surface area contributed by atoms with E-state index in [-0.39, 0.29) is 29.9 Å². The van der Waals surface area contributed by atoms with Gasteiger partial charge in [0.05, 0.1) is 6.20 Å². The monoisotopic (exact) mass is 327 g/mol. The van der Waals surface area contributed by atoms with E-state index in [1.54, 1.807) is 0 Å². The van der Waals surface area contributed by atoms with Crippen molar-refractivity contribution in [1.29, 1.82) is 0 Å². The molecule has 0 bridgehead atoms. The van der Waals surface area contributed by atoms with Gasteiger partial charge in [-0.1, -0.05) is 0 Å². The smallest absolute Gasteiger partial charge is 0.271 e. The number of nitrogens with one attached hydrogen (secondary N) is 3. The maximum Gasteiger partial charge on any atom is 0.271 e. The van der Waals surface area contributed by atoms with Gasteiger partial charge in [-0.15, -0.1) is 12.4 Å². The van der Waals surface area contributed by atoms with Crippen LogP contribution in [0, 0.1) is 5.92 Å². The molecular weight excluding hydrogens is 306 g/mol. The van der Waals surface area contributed by atoms with E-state index >= 15 is 0 Å². The third-order valence-corrected chi connectivity index (χ3v) is 3.47. The van der Waals surface area contributed by atoms with Crippen LogP contribution in [-0.4, -0.2) is 48.0 Å². The number of rotatable bonds is 7. The second kappa shape index (κ2) is 10.1. The van der Waals surface area contributed by atoms with Gasteiger partial charge in [0.15, 0.2) is 0 Å². The Hall–Kier alpha value is -1.73. The van der Waals surface area contributed by atoms with E-state index in [1.807, 2.05) is 0 Å². The van der Waals surface area contributed by atoms with E-state index in [0.717, 1.165) is 25.9 Å². The Bertz CT molecular complexity index is 466. The van der Waals surface area contributed by atoms with Gasteiger partial charge in [0, 0.05) is 31.9 Å². The molecule has 0 radical (unpaired) electrons. The van der Waals surface area contributed by atoms with Crippen molar-refractivity contribution in [1.82, 2.24) is 25.9 Å². The Morgan fingerprint density at radius 1 is 1.27 bits per heavy atom. The van der Waals surface area contributed by atoms with Gasteiger partial charge in [-0.2, -0.15) is 0 Å². The fraction of sp³-hybridized carbons (Fsp3) is 0.571. The summed E-state index contributed by atoms with van der Waals surface area (Å²) in [5.41, 5.74) is 0.276. The molecule has 1 fully saturated rings. The van der Waals surface area contributed by atoms with Crippen LogP contribution >= 0.6 is 12.4 Å². The topological polar surface area (TPSA) is 96.0 Å². The van der Waals surface area contributed by atoms with Gasteiger partial charge in [0.2, 0.25) is 5.91 Å². The molecule has 122 valence electrons. The summed E-state index contributed by atoms with van der Waals surface area (Å²) in [6, 6.07) is 0. The van der Waals surface area contributed by atoms with Crippen LogP contribution in [0.15, 0.2) is 18.6 Å². The first kappa shape index (κ1) is 18.3. The van der Waals surface area contributed by atoms with Crippen molar-refractivity contribution >= 4 is 24.2 Å². The van der Waals surface area contributed by atoms with Crippen molar-refractivity contribution in [3.8, 4) is 0 Å². The largest absolute Gasteiger partial charge is 0.354 e. The number of halogens is 1. The van der Waals surface area contributed by atoms with Crippen molar-refractivity contribution in [3.05, 3.63) is 24.3 Å². The van der Waals surface area contributed by atoms with Crippen LogP contribution < -0.4 is 16.0 Å². The van der Waals surface area contributed by atoms with E-state index < -0.39 is 0 Å². The molecule has 3 N–H and O–H groups in total. The number of aromatic nitrogens is 2. The van der Waals surface area contributed by atoms with Crippen molar-refractivity contribution in [3.63, 3.8) is 0 Å². The number of hydrogen-bond acceptors (Lipinski definition) is 5. The molecule has 0 saturated carbocycles. The minimum Gasteiger partial charge on any atom is -0.354 e. The molecule has 0 aromatic carbocycles. The van der Waals surface area contributed by atoms with E-state index in [9.17, 15) is 9.59 Å². The van der Waals surface area contributed by atoms with Crippen LogP contribution in [0.4, 0.5) is 0 Å². The van der Waals surface area contributed by atoms with Crippen molar-refractivity contribution in [2.75, 3.05) is 26.2 Å². The molecule has 22 heavy (non-hydrogen) atoms. The third kappa shape index (κ3) is 6.36. The molecule has 8 heteroatoms. The van der Waals surface area contributed by atoms with Crippen molar-refractivity contribution in [2.45, 2.75) is 19.3 Å². The lowest BCUT2D eigenvalue weighted by molar-refractivity contribution is -0.121. The molecule has 0 aliphatic carbocycles. The fourth-order valence-electron chi connectivity index (χ4n) is 2.27. The normalized spacial score (nSPS) is 16.6. The molecule has 1 aromatic rings. The lowest BCUT2D eigenvalue weighted by Gasteiger charge is -2.09. The molecule has 1 aliphatic heterocycles. The number of nitrogens with zero attached hydrogens (tertiary/aromatic N) is 2. The van der Waals surface area contributed by atoms with E-state index in [2.05, 4.69) is 25.9 Å². The standard InChI is InChI=1S/C14H21N5O2.ClH/c20-13(2-1-11-3-4-15-9-11)18-7-8-19-14(21)12-10-16-5-6-17-12;/h5-6,10-11,15H,1-4,7-9H2,(H,18,20)(H,19,21);1H. The summed E-state index contributed by atoms with van der Waals surface area (Å²) in [5.74, 6) is 0.372. The zero-order chi connectivity index (χ0) is 14.9. The van der Waals surface area contributed by atoms with E-state index in [4.69, 9.17) is 0 Å². The highest BCUT2D eigenvalue weighted by atomic mass is 35.5. The average molecular weight is 328 g/mol. The van der Waals surface area contributed by atoms with Crippen molar-refractivity contribution in [2.24, 2.45) is 5.92 Å². The number of amides is 2. The molecule has 1 aromatic heterocycles. The number of hydrogen-bond donors (Lipinski definition) is 3. The molecule has 1 unspecified atom stereocenters. The van der Waals surface area contributed by atoms with Crippen molar-refractivity contribution < 1.29 is 9.59 Å². The van der Waals surface area contributed by atoms with Crippen LogP contribution in [0.25, 0.3) is 0 Å². The van der Waals surface area contributed by atoms with Gasteiger partial charge in [-0.3, -0.25) is 14.6 Å². The summed E-state index contributed by atoms with van der Waals surface area (Å²) < 4.78 is 0. The molecule has 1 saturated heterocycles. The zero-order valence-electron chi connectivity index (χ0n) is 12.4. The summed E-state index contributed by atoms with van der Waals surface area (Å²) in [6.45, 7) is 2.88. The Morgan fingerprint density at radius 2 is 2.09 bits per heavy atom. The molecule has 0 spiro atoms. The molecule has 2 heterocycles. The summed E-state index contributed by atoms with van der Waals surface area (Å²) in [6.07, 6.45) is 7.01. The summed E-state index contributed by atoms with van der Waals surface area (Å²) in [5, 5.41) is 8.77. The zero-order valence-corrected chi connectivity index (χ0v) is 13.2. The van der Waals surface area contributed by atoms with Gasteiger partial charge in [0.1, 0.15) is 5.69 Å². The Balaban J connectivity index is 0.00000242. The van der Waals surface area contributed by atoms with Gasteiger partial charge in [0.25, 0.3) is 5.91 Å². The van der Waals surface area contributed by atoms with Crippen LogP contribution in [-0.2, 0) is 4.79 Å². The van der Waals surface area contributed by atoms with Crippen LogP contribution in [0.5, 0.6) is 0 Å². The molecule has 2 amide bonds. The van der Waals surface area contributed by atoms with Gasteiger partial charge >= 0.3 is 0 Å². The first-order valence-electron chi connectivity index (χ1n) is 7.27. The van der Waals surface area contributed by atoms with E-state index in [1.165, 1.54) is 18.6 Å². The first-order valence-corrected chi connectivity index (χ1v) is 7.27. The van der Waals surface area contributed by atoms with Crippen LogP contribution in [0.2, 0.25) is 0 Å². The molecule has 7 nitrogen and oxygen atoms in total. The summed E-state index contributed by atoms with van der Waals surface area (Å²) >= 11 is 0. The lowest BCUT2D eigenvalue weighted by Crippen LogP contribution is -2.35. The van der Waals surface area contributed by atoms with Crippen LogP contribution in [0.1, 0.15) is 29.8 Å². The van der Waals surface area contributed by atoms with Gasteiger partial charge in [-0.25, -0.2) is 4.98 Å². The molecular formula is C14H22ClN5O2. The number of carbonyl (C=O) groups is 2. The van der Waals surface area contributed by atoms with E-state index in [0.29, 0.717) is 25.4 Å². The minimum absolute atomic E-state index is 0. The van der Waals surface area contributed by atoms with Crippen LogP contribution in [0.3, 0.4) is 0 Å². The predicted molar refractivity (Wildman–Crippen MR) is 84.8 cm³/mol. The van der Waals surface area contributed by atoms with Gasteiger partial charge in [-0.05, 0) is 31.8 Å². The lowest BCUT2D eigenvalue weighted by atomic mass is 10.0. The highest BCUT2D eigenvalue weighted by Gasteiger charge is 2.15. The third-order valence-electron chi connectivity index (χ3n) is 3.47. The Morgan fingerprint density at radius 3 is 2.77 bits per heavy atom. The quantitative estimate of drug-likeness (QED) is 0.619. The average Bonchev–Trinajstić information content (AvgIpc) is 3.03. The second-order valence-corrected chi connectivity index (χ2v) is 5.09. The maximum absolute atomic E-state index is 11.7. The molecule has 2 rings (SSSR count). The first-order chi connectivity index (χ1) is 10.3. The minimum atomic E-state index is -0.283. The second-order valence-electron chi connectivity index (χ2n) is 5.09. The van der Waals surface area contributed by atoms with Gasteiger partial charge < -0.3 is 16.0 Å². The Kier molecular flexibility index (Phi) is 8.39. The highest BCUT2D eigenvalue weighted by Crippen LogP contribution is 2.13.